The average molecular weight is 369 g/mol. The summed E-state index contributed by atoms with van der Waals surface area (Å²) in [5.74, 6) is -3.26. The summed E-state index contributed by atoms with van der Waals surface area (Å²) in [6, 6.07) is 6.85. The quantitative estimate of drug-likeness (QED) is 0.617. The number of carbonyl (C=O) groups excluding carboxylic acids is 1. The third-order valence-corrected chi connectivity index (χ3v) is 5.72. The Morgan fingerprint density at radius 3 is 2.19 bits per heavy atom. The predicted molar refractivity (Wildman–Crippen MR) is 100 cm³/mol. The minimum Gasteiger partial charge on any atom is -0.478 e. The zero-order valence-corrected chi connectivity index (χ0v) is 15.7. The van der Waals surface area contributed by atoms with Crippen LogP contribution in [0.4, 0.5) is 0 Å². The van der Waals surface area contributed by atoms with Crippen LogP contribution in [-0.2, 0) is 9.59 Å². The molecular formula is C21H23NO5. The van der Waals surface area contributed by atoms with E-state index in [1.165, 1.54) is 10.5 Å². The molecule has 1 aliphatic heterocycles. The van der Waals surface area contributed by atoms with Gasteiger partial charge in [0.2, 0.25) is 0 Å². The number of hydrogen-bond acceptors (Lipinski definition) is 3. The summed E-state index contributed by atoms with van der Waals surface area (Å²) in [7, 11) is 0. The van der Waals surface area contributed by atoms with Crippen molar-refractivity contribution in [1.82, 2.24) is 4.90 Å². The van der Waals surface area contributed by atoms with Crippen LogP contribution in [0.25, 0.3) is 5.57 Å². The van der Waals surface area contributed by atoms with Crippen LogP contribution in [0.1, 0.15) is 43.1 Å². The summed E-state index contributed by atoms with van der Waals surface area (Å²) >= 11 is 0. The number of amides is 1. The van der Waals surface area contributed by atoms with Gasteiger partial charge in [0.1, 0.15) is 0 Å². The zero-order valence-electron chi connectivity index (χ0n) is 15.7. The number of aliphatic carboxylic acids is 1. The molecule has 2 aliphatic rings. The van der Waals surface area contributed by atoms with Gasteiger partial charge in [-0.25, -0.2) is 9.59 Å². The van der Waals surface area contributed by atoms with E-state index in [4.69, 9.17) is 10.2 Å². The van der Waals surface area contributed by atoms with Crippen molar-refractivity contribution in [3.63, 3.8) is 0 Å². The third-order valence-electron chi connectivity index (χ3n) is 5.72. The summed E-state index contributed by atoms with van der Waals surface area (Å²) < 4.78 is 0. The van der Waals surface area contributed by atoms with E-state index in [1.807, 2.05) is 18.2 Å². The SMILES string of the molecule is CC1(C)C(c2ccc(C(=O)O)cc2)=CC[C@]2(C)CN(C(=O)C(=O)O)CC=C12. The highest BCUT2D eigenvalue weighted by Gasteiger charge is 2.46. The molecule has 1 aromatic rings. The molecule has 1 atom stereocenters. The van der Waals surface area contributed by atoms with Crippen LogP contribution in [0.3, 0.4) is 0 Å². The van der Waals surface area contributed by atoms with E-state index in [1.54, 1.807) is 12.1 Å². The molecule has 6 nitrogen and oxygen atoms in total. The second-order valence-corrected chi connectivity index (χ2v) is 8.00. The molecule has 1 aromatic carbocycles. The molecule has 0 aromatic heterocycles. The predicted octanol–water partition coefficient (Wildman–Crippen LogP) is 3.06. The molecule has 1 aliphatic carbocycles. The van der Waals surface area contributed by atoms with Gasteiger partial charge in [0.15, 0.2) is 0 Å². The van der Waals surface area contributed by atoms with Gasteiger partial charge in [-0.05, 0) is 29.7 Å². The smallest absolute Gasteiger partial charge is 0.394 e. The lowest BCUT2D eigenvalue weighted by molar-refractivity contribution is -0.156. The van der Waals surface area contributed by atoms with Crippen molar-refractivity contribution >= 4 is 23.4 Å². The van der Waals surface area contributed by atoms with Crippen molar-refractivity contribution in [1.29, 1.82) is 0 Å². The molecule has 3 rings (SSSR count). The third kappa shape index (κ3) is 3.16. The molecule has 2 N–H and O–H groups in total. The first kappa shape index (κ1) is 18.9. The van der Waals surface area contributed by atoms with Crippen LogP contribution in [0, 0.1) is 10.8 Å². The Labute approximate surface area is 157 Å². The van der Waals surface area contributed by atoms with E-state index in [2.05, 4.69) is 26.8 Å². The standard InChI is InChI=1S/C21H23NO5/c1-20(2)15(13-4-6-14(7-5-13)18(24)25)8-10-21(3)12-22(11-9-16(20)21)17(23)19(26)27/h4-9H,10-12H2,1-3H3,(H,24,25)(H,26,27)/t21-/m1/s1. The van der Waals surface area contributed by atoms with Gasteiger partial charge in [-0.3, -0.25) is 4.79 Å². The summed E-state index contributed by atoms with van der Waals surface area (Å²) in [6.07, 6.45) is 4.78. The van der Waals surface area contributed by atoms with Gasteiger partial charge in [0.05, 0.1) is 5.56 Å². The minimum atomic E-state index is -1.43. The van der Waals surface area contributed by atoms with Crippen molar-refractivity contribution in [2.24, 2.45) is 10.8 Å². The lowest BCUT2D eigenvalue weighted by atomic mass is 9.58. The molecule has 0 radical (unpaired) electrons. The van der Waals surface area contributed by atoms with Gasteiger partial charge in [0, 0.05) is 23.9 Å². The number of hydrogen-bond donors (Lipinski definition) is 2. The van der Waals surface area contributed by atoms with Gasteiger partial charge in [-0.15, -0.1) is 0 Å². The molecule has 0 fully saturated rings. The van der Waals surface area contributed by atoms with Gasteiger partial charge < -0.3 is 15.1 Å². The van der Waals surface area contributed by atoms with Crippen molar-refractivity contribution in [3.8, 4) is 0 Å². The Morgan fingerprint density at radius 1 is 1.00 bits per heavy atom. The fourth-order valence-electron chi connectivity index (χ4n) is 4.49. The summed E-state index contributed by atoms with van der Waals surface area (Å²) in [4.78, 5) is 35.4. The second kappa shape index (κ2) is 6.37. The van der Waals surface area contributed by atoms with E-state index in [0.717, 1.165) is 11.1 Å². The molecule has 1 heterocycles. The van der Waals surface area contributed by atoms with E-state index < -0.39 is 17.8 Å². The molecule has 0 unspecified atom stereocenters. The first-order valence-corrected chi connectivity index (χ1v) is 8.84. The van der Waals surface area contributed by atoms with Crippen molar-refractivity contribution < 1.29 is 24.6 Å². The molecule has 1 amide bonds. The number of allylic oxidation sites excluding steroid dienone is 2. The normalized spacial score (nSPS) is 23.7. The lowest BCUT2D eigenvalue weighted by Crippen LogP contribution is -2.50. The van der Waals surface area contributed by atoms with E-state index >= 15 is 0 Å². The molecule has 6 heteroatoms. The van der Waals surface area contributed by atoms with Crippen LogP contribution in [-0.4, -0.2) is 46.0 Å². The fraction of sp³-hybridized carbons (Fsp3) is 0.381. The summed E-state index contributed by atoms with van der Waals surface area (Å²) in [5.41, 5.74) is 2.88. The van der Waals surface area contributed by atoms with Crippen LogP contribution >= 0.6 is 0 Å². The van der Waals surface area contributed by atoms with Crippen molar-refractivity contribution in [3.05, 3.63) is 53.1 Å². The number of aromatic carboxylic acids is 1. The monoisotopic (exact) mass is 369 g/mol. The van der Waals surface area contributed by atoms with Gasteiger partial charge in [0.25, 0.3) is 0 Å². The Morgan fingerprint density at radius 2 is 1.63 bits per heavy atom. The maximum absolute atomic E-state index is 11.9. The van der Waals surface area contributed by atoms with Crippen LogP contribution in [0.5, 0.6) is 0 Å². The Kier molecular flexibility index (Phi) is 4.46. The Bertz CT molecular complexity index is 878. The molecule has 142 valence electrons. The first-order valence-electron chi connectivity index (χ1n) is 8.84. The average Bonchev–Trinajstić information content (AvgIpc) is 2.60. The fourth-order valence-corrected chi connectivity index (χ4v) is 4.49. The number of benzene rings is 1. The highest BCUT2D eigenvalue weighted by atomic mass is 16.4. The molecular weight excluding hydrogens is 346 g/mol. The maximum Gasteiger partial charge on any atom is 0.394 e. The highest BCUT2D eigenvalue weighted by Crippen LogP contribution is 2.55. The topological polar surface area (TPSA) is 94.9 Å². The molecule has 0 bridgehead atoms. The number of fused-ring (bicyclic) bond motifs is 1. The number of carbonyl (C=O) groups is 3. The lowest BCUT2D eigenvalue weighted by Gasteiger charge is -2.50. The Hall–Kier alpha value is -2.89. The van der Waals surface area contributed by atoms with Gasteiger partial charge in [-0.2, -0.15) is 0 Å². The zero-order chi connectivity index (χ0) is 20.0. The number of carboxylic acid groups (broad SMARTS) is 2. The number of carboxylic acids is 2. The molecule has 27 heavy (non-hydrogen) atoms. The van der Waals surface area contributed by atoms with Gasteiger partial charge in [-0.1, -0.05) is 50.6 Å². The molecule has 0 saturated carbocycles. The highest BCUT2D eigenvalue weighted by molar-refractivity contribution is 6.31. The number of nitrogens with zero attached hydrogens (tertiary/aromatic N) is 1. The van der Waals surface area contributed by atoms with Crippen molar-refractivity contribution in [2.45, 2.75) is 27.2 Å². The van der Waals surface area contributed by atoms with E-state index in [0.29, 0.717) is 13.0 Å². The van der Waals surface area contributed by atoms with Gasteiger partial charge >= 0.3 is 17.8 Å². The maximum atomic E-state index is 11.9. The largest absolute Gasteiger partial charge is 0.478 e. The first-order chi connectivity index (χ1) is 12.6. The summed E-state index contributed by atoms with van der Waals surface area (Å²) in [5, 5.41) is 18.1. The van der Waals surface area contributed by atoms with E-state index in [9.17, 15) is 14.4 Å². The molecule has 0 saturated heterocycles. The van der Waals surface area contributed by atoms with E-state index in [-0.39, 0.29) is 22.9 Å². The molecule has 0 spiro atoms. The van der Waals surface area contributed by atoms with Crippen molar-refractivity contribution in [2.75, 3.05) is 13.1 Å². The van der Waals surface area contributed by atoms with Crippen LogP contribution in [0.2, 0.25) is 0 Å². The summed E-state index contributed by atoms with van der Waals surface area (Å²) in [6.45, 7) is 6.94. The second-order valence-electron chi connectivity index (χ2n) is 8.00. The number of rotatable bonds is 2. The minimum absolute atomic E-state index is 0.248. The van der Waals surface area contributed by atoms with Crippen LogP contribution < -0.4 is 0 Å². The Balaban J connectivity index is 1.96. The van der Waals surface area contributed by atoms with Crippen LogP contribution in [0.15, 0.2) is 42.0 Å².